The Balaban J connectivity index is 1.56. The van der Waals surface area contributed by atoms with Gasteiger partial charge < -0.3 is 0 Å². The van der Waals surface area contributed by atoms with E-state index in [0.717, 1.165) is 31.6 Å². The zero-order chi connectivity index (χ0) is 15.4. The molecule has 2 aromatic carbocycles. The first-order chi connectivity index (χ1) is 10.7. The van der Waals surface area contributed by atoms with Crippen LogP contribution in [0.5, 0.6) is 0 Å². The van der Waals surface area contributed by atoms with Crippen molar-refractivity contribution in [3.8, 4) is 0 Å². The monoisotopic (exact) mass is 301 g/mol. The second-order valence-electron chi connectivity index (χ2n) is 6.20. The van der Waals surface area contributed by atoms with Gasteiger partial charge in [-0.2, -0.15) is 0 Å². The summed E-state index contributed by atoms with van der Waals surface area (Å²) in [5.74, 6) is 0.251. The SMILES string of the molecule is Fc1ccc(CC2CCCN(Cc3ccc(F)cc3)C2)cc1. The van der Waals surface area contributed by atoms with Crippen LogP contribution >= 0.6 is 0 Å². The molecule has 116 valence electrons. The molecule has 0 radical (unpaired) electrons. The predicted molar refractivity (Wildman–Crippen MR) is 84.5 cm³/mol. The van der Waals surface area contributed by atoms with Gasteiger partial charge in [0.05, 0.1) is 0 Å². The van der Waals surface area contributed by atoms with Crippen LogP contribution in [0.4, 0.5) is 8.78 Å². The van der Waals surface area contributed by atoms with Gasteiger partial charge in [-0.1, -0.05) is 24.3 Å². The second-order valence-corrected chi connectivity index (χ2v) is 6.20. The van der Waals surface area contributed by atoms with Crippen molar-refractivity contribution in [2.24, 2.45) is 5.92 Å². The maximum absolute atomic E-state index is 13.0. The lowest BCUT2D eigenvalue weighted by Crippen LogP contribution is -2.35. The summed E-state index contributed by atoms with van der Waals surface area (Å²) >= 11 is 0. The molecule has 0 aliphatic carbocycles. The van der Waals surface area contributed by atoms with Gasteiger partial charge in [-0.3, -0.25) is 4.90 Å². The van der Waals surface area contributed by atoms with E-state index in [1.54, 1.807) is 0 Å². The third kappa shape index (κ3) is 4.14. The lowest BCUT2D eigenvalue weighted by molar-refractivity contribution is 0.167. The maximum atomic E-state index is 13.0. The van der Waals surface area contributed by atoms with Gasteiger partial charge >= 0.3 is 0 Å². The highest BCUT2D eigenvalue weighted by Crippen LogP contribution is 2.22. The summed E-state index contributed by atoms with van der Waals surface area (Å²) in [6.07, 6.45) is 3.41. The fourth-order valence-corrected chi connectivity index (χ4v) is 3.26. The van der Waals surface area contributed by atoms with E-state index < -0.39 is 0 Å². The van der Waals surface area contributed by atoms with Gasteiger partial charge in [-0.25, -0.2) is 8.78 Å². The summed E-state index contributed by atoms with van der Waals surface area (Å²) in [7, 11) is 0. The lowest BCUT2D eigenvalue weighted by atomic mass is 9.91. The number of likely N-dealkylation sites (tertiary alicyclic amines) is 1. The Morgan fingerprint density at radius 2 is 1.45 bits per heavy atom. The molecule has 22 heavy (non-hydrogen) atoms. The number of hydrogen-bond acceptors (Lipinski definition) is 1. The van der Waals surface area contributed by atoms with Crippen LogP contribution in [0.2, 0.25) is 0 Å². The van der Waals surface area contributed by atoms with Crippen molar-refractivity contribution < 1.29 is 8.78 Å². The Hall–Kier alpha value is -1.74. The molecule has 1 unspecified atom stereocenters. The van der Waals surface area contributed by atoms with Crippen molar-refractivity contribution in [2.75, 3.05) is 13.1 Å². The average Bonchev–Trinajstić information content (AvgIpc) is 2.52. The Morgan fingerprint density at radius 1 is 0.864 bits per heavy atom. The molecule has 0 bridgehead atoms. The molecule has 2 aromatic rings. The van der Waals surface area contributed by atoms with Crippen molar-refractivity contribution in [2.45, 2.75) is 25.8 Å². The molecule has 1 fully saturated rings. The Bertz CT molecular complexity index is 538. The third-order valence-electron chi connectivity index (χ3n) is 4.36. The minimum atomic E-state index is -0.184. The number of hydrogen-bond donors (Lipinski definition) is 0. The molecule has 3 heteroatoms. The quantitative estimate of drug-likeness (QED) is 0.808. The molecule has 1 atom stereocenters. The highest BCUT2D eigenvalue weighted by molar-refractivity contribution is 5.17. The van der Waals surface area contributed by atoms with Crippen molar-refractivity contribution >= 4 is 0 Å². The summed E-state index contributed by atoms with van der Waals surface area (Å²) in [5.41, 5.74) is 2.36. The van der Waals surface area contributed by atoms with Crippen LogP contribution in [0.25, 0.3) is 0 Å². The summed E-state index contributed by atoms with van der Waals surface area (Å²) in [4.78, 5) is 2.44. The average molecular weight is 301 g/mol. The normalized spacial score (nSPS) is 19.3. The summed E-state index contributed by atoms with van der Waals surface area (Å²) in [6.45, 7) is 3.02. The number of halogens is 2. The largest absolute Gasteiger partial charge is 0.299 e. The Kier molecular flexibility index (Phi) is 4.84. The second kappa shape index (κ2) is 7.01. The lowest BCUT2D eigenvalue weighted by Gasteiger charge is -2.33. The molecule has 1 nitrogen and oxygen atoms in total. The first-order valence-corrected chi connectivity index (χ1v) is 7.90. The van der Waals surface area contributed by atoms with E-state index in [-0.39, 0.29) is 11.6 Å². The van der Waals surface area contributed by atoms with Crippen molar-refractivity contribution in [3.63, 3.8) is 0 Å². The van der Waals surface area contributed by atoms with Crippen molar-refractivity contribution in [1.82, 2.24) is 4.90 Å². The Morgan fingerprint density at radius 3 is 2.09 bits per heavy atom. The van der Waals surface area contributed by atoms with Crippen molar-refractivity contribution in [1.29, 1.82) is 0 Å². The molecule has 0 saturated carbocycles. The van der Waals surface area contributed by atoms with Gasteiger partial charge in [-0.05, 0) is 67.1 Å². The van der Waals surface area contributed by atoms with Crippen LogP contribution in [-0.4, -0.2) is 18.0 Å². The smallest absolute Gasteiger partial charge is 0.123 e. The van der Waals surface area contributed by atoms with Gasteiger partial charge in [-0.15, -0.1) is 0 Å². The summed E-state index contributed by atoms with van der Waals surface area (Å²) in [6, 6.07) is 13.6. The predicted octanol–water partition coefficient (Wildman–Crippen LogP) is 4.42. The number of nitrogens with zero attached hydrogens (tertiary/aromatic N) is 1. The van der Waals surface area contributed by atoms with E-state index in [1.807, 2.05) is 24.3 Å². The van der Waals surface area contributed by atoms with E-state index in [4.69, 9.17) is 0 Å². The van der Waals surface area contributed by atoms with Crippen LogP contribution in [0, 0.1) is 17.6 Å². The topological polar surface area (TPSA) is 3.24 Å². The molecule has 1 aliphatic rings. The summed E-state index contributed by atoms with van der Waals surface area (Å²) < 4.78 is 25.9. The molecular formula is C19H21F2N. The van der Waals surface area contributed by atoms with E-state index >= 15 is 0 Å². The van der Waals surface area contributed by atoms with E-state index in [9.17, 15) is 8.78 Å². The van der Waals surface area contributed by atoms with Gasteiger partial charge in [0.15, 0.2) is 0 Å². The zero-order valence-electron chi connectivity index (χ0n) is 12.6. The molecule has 0 spiro atoms. The first-order valence-electron chi connectivity index (χ1n) is 7.90. The number of benzene rings is 2. The molecule has 1 heterocycles. The van der Waals surface area contributed by atoms with Crippen LogP contribution in [0.15, 0.2) is 48.5 Å². The molecule has 1 saturated heterocycles. The molecular weight excluding hydrogens is 280 g/mol. The highest BCUT2D eigenvalue weighted by atomic mass is 19.1. The van der Waals surface area contributed by atoms with Gasteiger partial charge in [0.1, 0.15) is 11.6 Å². The van der Waals surface area contributed by atoms with Gasteiger partial charge in [0.25, 0.3) is 0 Å². The minimum Gasteiger partial charge on any atom is -0.299 e. The Labute approximate surface area is 130 Å². The maximum Gasteiger partial charge on any atom is 0.123 e. The summed E-state index contributed by atoms with van der Waals surface area (Å²) in [5, 5.41) is 0. The van der Waals surface area contributed by atoms with Crippen molar-refractivity contribution in [3.05, 3.63) is 71.3 Å². The molecule has 3 rings (SSSR count). The zero-order valence-corrected chi connectivity index (χ0v) is 12.6. The van der Waals surface area contributed by atoms with Gasteiger partial charge in [0.2, 0.25) is 0 Å². The van der Waals surface area contributed by atoms with Crippen LogP contribution < -0.4 is 0 Å². The van der Waals surface area contributed by atoms with E-state index in [2.05, 4.69) is 4.90 Å². The molecule has 0 N–H and O–H groups in total. The first kappa shape index (κ1) is 15.2. The van der Waals surface area contributed by atoms with Crippen LogP contribution in [-0.2, 0) is 13.0 Å². The van der Waals surface area contributed by atoms with E-state index in [1.165, 1.54) is 42.7 Å². The fourth-order valence-electron chi connectivity index (χ4n) is 3.26. The third-order valence-corrected chi connectivity index (χ3v) is 4.36. The number of rotatable bonds is 4. The van der Waals surface area contributed by atoms with Crippen LogP contribution in [0.1, 0.15) is 24.0 Å². The minimum absolute atomic E-state index is 0.176. The van der Waals surface area contributed by atoms with Gasteiger partial charge in [0, 0.05) is 13.1 Å². The van der Waals surface area contributed by atoms with E-state index in [0.29, 0.717) is 5.92 Å². The molecule has 0 amide bonds. The molecule has 0 aromatic heterocycles. The number of piperidine rings is 1. The highest BCUT2D eigenvalue weighted by Gasteiger charge is 2.20. The fraction of sp³-hybridized carbons (Fsp3) is 0.368. The standard InChI is InChI=1S/C19H21F2N/c20-18-7-3-15(4-8-18)12-17-2-1-11-22(14-17)13-16-5-9-19(21)10-6-16/h3-10,17H,1-2,11-14H2. The molecule has 1 aliphatic heterocycles. The van der Waals surface area contributed by atoms with Crippen LogP contribution in [0.3, 0.4) is 0 Å².